The summed E-state index contributed by atoms with van der Waals surface area (Å²) in [6.07, 6.45) is 70.6. The van der Waals surface area contributed by atoms with Gasteiger partial charge in [0, 0.05) is 12.8 Å². The highest BCUT2D eigenvalue weighted by Gasteiger charge is 2.44. The Bertz CT molecular complexity index is 1460. The van der Waals surface area contributed by atoms with E-state index < -0.39 is 49.5 Å². The highest BCUT2D eigenvalue weighted by Crippen LogP contribution is 2.24. The molecule has 0 bridgehead atoms. The molecule has 7 unspecified atom stereocenters. The topological polar surface area (TPSA) is 175 Å². The molecule has 502 valence electrons. The van der Waals surface area contributed by atoms with Gasteiger partial charge in [0.25, 0.3) is 0 Å². The minimum Gasteiger partial charge on any atom is -0.466 e. The van der Waals surface area contributed by atoms with E-state index in [2.05, 4.69) is 31.3 Å². The van der Waals surface area contributed by atoms with E-state index in [0.717, 1.165) is 57.8 Å². The van der Waals surface area contributed by atoms with E-state index in [9.17, 15) is 35.1 Å². The molecule has 0 aromatic carbocycles. The molecule has 1 rings (SSSR count). The molecule has 11 heteroatoms. The van der Waals surface area contributed by atoms with Crippen LogP contribution in [0.1, 0.15) is 373 Å². The molecule has 1 saturated heterocycles. The summed E-state index contributed by atoms with van der Waals surface area (Å²) in [5.41, 5.74) is 0. The lowest BCUT2D eigenvalue weighted by Crippen LogP contribution is -2.60. The van der Waals surface area contributed by atoms with Gasteiger partial charge in [-0.3, -0.25) is 9.59 Å². The molecule has 6 N–H and O–H groups in total. The van der Waals surface area contributed by atoms with Crippen molar-refractivity contribution < 1.29 is 49.3 Å². The molecule has 85 heavy (non-hydrogen) atoms. The van der Waals surface area contributed by atoms with Crippen LogP contribution in [0, 0.1) is 0 Å². The molecule has 1 heterocycles. The second-order valence-electron chi connectivity index (χ2n) is 26.0. The fourth-order valence-electron chi connectivity index (χ4n) is 12.0. The summed E-state index contributed by atoms with van der Waals surface area (Å²) in [7, 11) is 0. The van der Waals surface area contributed by atoms with E-state index in [-0.39, 0.29) is 18.5 Å². The Morgan fingerprint density at radius 3 is 1.13 bits per heavy atom. The number of carbonyl (C=O) groups excluding carboxylic acids is 2. The van der Waals surface area contributed by atoms with Gasteiger partial charge in [0.15, 0.2) is 6.29 Å². The van der Waals surface area contributed by atoms with Crippen molar-refractivity contribution >= 4 is 11.9 Å². The summed E-state index contributed by atoms with van der Waals surface area (Å²) in [6, 6.07) is -0.805. The first-order valence-electron chi connectivity index (χ1n) is 37.1. The highest BCUT2D eigenvalue weighted by molar-refractivity contribution is 5.76. The van der Waals surface area contributed by atoms with Crippen LogP contribution in [0.25, 0.3) is 0 Å². The molecule has 0 saturated carbocycles. The van der Waals surface area contributed by atoms with Gasteiger partial charge in [0.2, 0.25) is 5.91 Å². The van der Waals surface area contributed by atoms with E-state index in [1.54, 1.807) is 6.08 Å². The first-order chi connectivity index (χ1) is 41.7. The summed E-state index contributed by atoms with van der Waals surface area (Å²) in [4.78, 5) is 25.1. The van der Waals surface area contributed by atoms with E-state index in [1.807, 2.05) is 6.08 Å². The zero-order valence-corrected chi connectivity index (χ0v) is 55.8. The van der Waals surface area contributed by atoms with Crippen LogP contribution in [0.4, 0.5) is 0 Å². The van der Waals surface area contributed by atoms with Crippen molar-refractivity contribution in [3.63, 3.8) is 0 Å². The molecular weight excluding hydrogens is 1060 g/mol. The lowest BCUT2D eigenvalue weighted by molar-refractivity contribution is -0.302. The van der Waals surface area contributed by atoms with Gasteiger partial charge in [-0.1, -0.05) is 327 Å². The Balaban J connectivity index is 1.87. The number of allylic oxidation sites excluding steroid dienone is 3. The molecule has 1 amide bonds. The summed E-state index contributed by atoms with van der Waals surface area (Å²) in [5, 5.41) is 54.3. The molecule has 7 atom stereocenters. The van der Waals surface area contributed by atoms with Crippen LogP contribution in [0.5, 0.6) is 0 Å². The Hall–Kier alpha value is -1.86. The minimum atomic E-state index is -1.57. The smallest absolute Gasteiger partial charge is 0.305 e. The van der Waals surface area contributed by atoms with E-state index in [4.69, 9.17) is 14.2 Å². The van der Waals surface area contributed by atoms with Crippen LogP contribution in [-0.4, -0.2) is 100 Å². The number of aliphatic hydroxyl groups excluding tert-OH is 5. The number of ether oxygens (including phenoxy) is 3. The number of aliphatic hydroxyl groups is 5. The molecule has 0 radical (unpaired) electrons. The molecule has 0 aliphatic carbocycles. The summed E-state index contributed by atoms with van der Waals surface area (Å²) in [6.45, 7) is 4.35. The van der Waals surface area contributed by atoms with Crippen LogP contribution in [0.2, 0.25) is 0 Å². The van der Waals surface area contributed by atoms with Crippen LogP contribution in [-0.2, 0) is 23.8 Å². The van der Waals surface area contributed by atoms with Gasteiger partial charge in [0.1, 0.15) is 24.4 Å². The van der Waals surface area contributed by atoms with Crippen molar-refractivity contribution in [1.29, 1.82) is 0 Å². The lowest BCUT2D eigenvalue weighted by atomic mass is 9.99. The van der Waals surface area contributed by atoms with E-state index in [0.29, 0.717) is 19.4 Å². The third-order valence-corrected chi connectivity index (χ3v) is 17.8. The lowest BCUT2D eigenvalue weighted by Gasteiger charge is -2.40. The average Bonchev–Trinajstić information content (AvgIpc) is 3.60. The fraction of sp³-hybridized carbons (Fsp3) is 0.919. The van der Waals surface area contributed by atoms with Gasteiger partial charge in [-0.15, -0.1) is 0 Å². The minimum absolute atomic E-state index is 0.0100. The van der Waals surface area contributed by atoms with Crippen LogP contribution in [0.15, 0.2) is 24.3 Å². The Morgan fingerprint density at radius 2 is 0.753 bits per heavy atom. The zero-order chi connectivity index (χ0) is 61.6. The molecule has 1 aliphatic rings. The van der Waals surface area contributed by atoms with Crippen molar-refractivity contribution in [2.24, 2.45) is 0 Å². The second-order valence-corrected chi connectivity index (χ2v) is 26.0. The van der Waals surface area contributed by atoms with E-state index >= 15 is 0 Å². The Kier molecular flexibility index (Phi) is 60.8. The van der Waals surface area contributed by atoms with Gasteiger partial charge in [-0.2, -0.15) is 0 Å². The first kappa shape index (κ1) is 81.2. The van der Waals surface area contributed by atoms with E-state index in [1.165, 1.54) is 289 Å². The third-order valence-electron chi connectivity index (χ3n) is 17.8. The molecule has 0 spiro atoms. The van der Waals surface area contributed by atoms with Gasteiger partial charge in [-0.25, -0.2) is 0 Å². The molecule has 1 aliphatic heterocycles. The molecule has 11 nitrogen and oxygen atoms in total. The van der Waals surface area contributed by atoms with Crippen molar-refractivity contribution in [1.82, 2.24) is 5.32 Å². The number of unbranched alkanes of at least 4 members (excludes halogenated alkanes) is 50. The quantitative estimate of drug-likeness (QED) is 0.0195. The molecule has 1 fully saturated rings. The monoisotopic (exact) mass is 1200 g/mol. The maximum absolute atomic E-state index is 13.0. The normalized spacial score (nSPS) is 18.0. The van der Waals surface area contributed by atoms with Crippen molar-refractivity contribution in [3.05, 3.63) is 24.3 Å². The Morgan fingerprint density at radius 1 is 0.424 bits per heavy atom. The van der Waals surface area contributed by atoms with Crippen molar-refractivity contribution in [2.45, 2.75) is 416 Å². The van der Waals surface area contributed by atoms with Gasteiger partial charge in [-0.05, 0) is 57.8 Å². The molecular formula is C74H141NO10. The molecule has 0 aromatic rings. The van der Waals surface area contributed by atoms with Gasteiger partial charge < -0.3 is 45.1 Å². The number of amides is 1. The predicted octanol–water partition coefficient (Wildman–Crippen LogP) is 19.2. The van der Waals surface area contributed by atoms with Gasteiger partial charge >= 0.3 is 5.97 Å². The number of carbonyl (C=O) groups is 2. The average molecular weight is 1200 g/mol. The number of rotatable bonds is 66. The van der Waals surface area contributed by atoms with Crippen LogP contribution >= 0.6 is 0 Å². The number of hydrogen-bond donors (Lipinski definition) is 6. The summed E-state index contributed by atoms with van der Waals surface area (Å²) >= 11 is 0. The largest absolute Gasteiger partial charge is 0.466 e. The third kappa shape index (κ3) is 52.6. The van der Waals surface area contributed by atoms with Gasteiger partial charge in [0.05, 0.1) is 32.0 Å². The summed E-state index contributed by atoms with van der Waals surface area (Å²) < 4.78 is 16.7. The zero-order valence-electron chi connectivity index (χ0n) is 55.8. The molecule has 0 aromatic heterocycles. The predicted molar refractivity (Wildman–Crippen MR) is 357 cm³/mol. The highest BCUT2D eigenvalue weighted by atomic mass is 16.7. The SMILES string of the molecule is CCCCCCCC/C=C\CCCCCCCCCC(=O)OCCCCCCCCCCCCCCCCCCCCCCCCCCCCCCCCCC(=O)NC(COC1OC(CO)C(O)C(O)C1O)C(O)/C=C/CCCCCCCCC. The summed E-state index contributed by atoms with van der Waals surface area (Å²) in [5.74, 6) is -0.168. The Labute approximate surface area is 524 Å². The maximum atomic E-state index is 13.0. The number of nitrogens with one attached hydrogen (secondary N) is 1. The maximum Gasteiger partial charge on any atom is 0.305 e. The van der Waals surface area contributed by atoms with Crippen LogP contribution < -0.4 is 5.32 Å². The standard InChI is InChI=1S/C74H141NO10/c1-3-5-7-9-11-13-14-15-16-32-36-39-42-46-50-54-58-62-70(79)83-63-59-55-51-47-43-40-37-34-31-29-27-25-23-21-19-17-18-20-22-24-26-28-30-33-35-38-41-45-49-53-57-61-69(78)75-66(67(77)60-56-52-48-44-12-10-8-6-4-2)65-84-74-73(82)72(81)71(80)68(64-76)85-74/h15-16,56,60,66-68,71-74,76-77,80-82H,3-14,17-55,57-59,61-65H2,1-2H3,(H,75,78)/b16-15-,60-56+. The number of esters is 1. The van der Waals surface area contributed by atoms with Crippen LogP contribution in [0.3, 0.4) is 0 Å². The van der Waals surface area contributed by atoms with Crippen molar-refractivity contribution in [2.75, 3.05) is 19.8 Å². The van der Waals surface area contributed by atoms with Crippen molar-refractivity contribution in [3.8, 4) is 0 Å². The fourth-order valence-corrected chi connectivity index (χ4v) is 12.0. The number of hydrogen-bond acceptors (Lipinski definition) is 10. The second kappa shape index (κ2) is 63.7. The first-order valence-corrected chi connectivity index (χ1v) is 37.1.